The van der Waals surface area contributed by atoms with Crippen molar-refractivity contribution >= 4 is 16.6 Å². The topological polar surface area (TPSA) is 64.7 Å². The number of nitrogens with zero attached hydrogens (tertiary/aromatic N) is 7. The minimum absolute atomic E-state index is 0.366. The van der Waals surface area contributed by atoms with E-state index in [2.05, 4.69) is 67.9 Å². The highest BCUT2D eigenvalue weighted by Crippen LogP contribution is 2.33. The molecule has 0 spiro atoms. The molecule has 5 rings (SSSR count). The maximum atomic E-state index is 4.56. The zero-order valence-electron chi connectivity index (χ0n) is 16.9. The van der Waals surface area contributed by atoms with E-state index in [1.165, 1.54) is 16.6 Å². The average Bonchev–Trinajstić information content (AvgIpc) is 3.38. The predicted octanol–water partition coefficient (Wildman–Crippen LogP) is 3.30. The molecule has 0 amide bonds. The molecule has 0 radical (unpaired) electrons. The van der Waals surface area contributed by atoms with Gasteiger partial charge in [-0.3, -0.25) is 4.98 Å². The van der Waals surface area contributed by atoms with Crippen molar-refractivity contribution < 1.29 is 0 Å². The van der Waals surface area contributed by atoms with Gasteiger partial charge in [-0.15, -0.1) is 10.2 Å². The van der Waals surface area contributed by atoms with Crippen LogP contribution in [0.25, 0.3) is 10.9 Å². The Morgan fingerprint density at radius 2 is 2.07 bits per heavy atom. The van der Waals surface area contributed by atoms with E-state index >= 15 is 0 Å². The molecule has 7 heteroatoms. The summed E-state index contributed by atoms with van der Waals surface area (Å²) in [4.78, 5) is 11.1. The van der Waals surface area contributed by atoms with Crippen LogP contribution in [0.3, 0.4) is 0 Å². The van der Waals surface area contributed by atoms with Crippen LogP contribution >= 0.6 is 0 Å². The normalized spacial score (nSPS) is 17.2. The van der Waals surface area contributed by atoms with Crippen molar-refractivity contribution in [2.24, 2.45) is 7.05 Å². The van der Waals surface area contributed by atoms with Gasteiger partial charge >= 0.3 is 0 Å². The van der Waals surface area contributed by atoms with E-state index < -0.39 is 0 Å². The highest BCUT2D eigenvalue weighted by atomic mass is 15.3. The van der Waals surface area contributed by atoms with E-state index in [1.807, 2.05) is 23.3 Å². The lowest BCUT2D eigenvalue weighted by atomic mass is 9.96. The molecule has 148 valence electrons. The maximum Gasteiger partial charge on any atom is 0.152 e. The second-order valence-electron chi connectivity index (χ2n) is 7.90. The van der Waals surface area contributed by atoms with Gasteiger partial charge in [0.1, 0.15) is 5.82 Å². The number of rotatable bonds is 4. The molecular formula is C22H25N7. The lowest BCUT2D eigenvalue weighted by molar-refractivity contribution is 0.478. The van der Waals surface area contributed by atoms with E-state index in [0.29, 0.717) is 12.5 Å². The lowest BCUT2D eigenvalue weighted by Gasteiger charge is -2.34. The third kappa shape index (κ3) is 3.37. The number of fused-ring (bicyclic) bond motifs is 1. The molecule has 3 aromatic heterocycles. The number of hydrogen-bond acceptors (Lipinski definition) is 5. The summed E-state index contributed by atoms with van der Waals surface area (Å²) in [6.07, 6.45) is 9.75. The molecule has 1 saturated heterocycles. The number of aryl methyl sites for hydroxylation is 1. The van der Waals surface area contributed by atoms with Crippen LogP contribution in [0, 0.1) is 6.92 Å². The number of aromatic nitrogens is 6. The fourth-order valence-corrected chi connectivity index (χ4v) is 4.34. The van der Waals surface area contributed by atoms with E-state index in [-0.39, 0.29) is 0 Å². The highest BCUT2D eigenvalue weighted by Gasteiger charge is 2.27. The molecule has 1 aliphatic rings. The molecule has 0 N–H and O–H groups in total. The molecule has 0 aliphatic carbocycles. The highest BCUT2D eigenvalue weighted by molar-refractivity contribution is 5.92. The van der Waals surface area contributed by atoms with Crippen LogP contribution in [-0.2, 0) is 13.6 Å². The zero-order valence-corrected chi connectivity index (χ0v) is 16.9. The van der Waals surface area contributed by atoms with Crippen LogP contribution in [-0.4, -0.2) is 42.4 Å². The van der Waals surface area contributed by atoms with Crippen LogP contribution in [0.15, 0.2) is 49.2 Å². The van der Waals surface area contributed by atoms with Gasteiger partial charge in [-0.2, -0.15) is 0 Å². The van der Waals surface area contributed by atoms with Crippen molar-refractivity contribution in [2.75, 3.05) is 18.0 Å². The first-order valence-electron chi connectivity index (χ1n) is 10.1. The lowest BCUT2D eigenvalue weighted by Crippen LogP contribution is -2.35. The number of imidazole rings is 1. The van der Waals surface area contributed by atoms with Gasteiger partial charge in [0.25, 0.3) is 0 Å². The quantitative estimate of drug-likeness (QED) is 0.538. The van der Waals surface area contributed by atoms with Gasteiger partial charge in [-0.1, -0.05) is 11.6 Å². The largest absolute Gasteiger partial charge is 0.370 e. The van der Waals surface area contributed by atoms with Gasteiger partial charge in [0.15, 0.2) is 5.82 Å². The number of pyridine rings is 1. The summed E-state index contributed by atoms with van der Waals surface area (Å²) in [5.74, 6) is 2.39. The first-order valence-corrected chi connectivity index (χ1v) is 10.1. The Balaban J connectivity index is 1.42. The molecule has 1 aliphatic heterocycles. The van der Waals surface area contributed by atoms with Crippen molar-refractivity contribution in [2.45, 2.75) is 32.2 Å². The zero-order chi connectivity index (χ0) is 19.8. The first kappa shape index (κ1) is 17.8. The molecule has 29 heavy (non-hydrogen) atoms. The van der Waals surface area contributed by atoms with Crippen molar-refractivity contribution in [3.05, 3.63) is 66.4 Å². The van der Waals surface area contributed by atoms with Gasteiger partial charge in [-0.05, 0) is 38.0 Å². The van der Waals surface area contributed by atoms with Gasteiger partial charge in [0, 0.05) is 55.7 Å². The van der Waals surface area contributed by atoms with Crippen LogP contribution < -0.4 is 4.90 Å². The Labute approximate surface area is 170 Å². The number of benzene rings is 1. The average molecular weight is 387 g/mol. The first-order chi connectivity index (χ1) is 14.2. The smallest absolute Gasteiger partial charge is 0.152 e. The molecule has 1 fully saturated rings. The summed E-state index contributed by atoms with van der Waals surface area (Å²) in [7, 11) is 2.08. The summed E-state index contributed by atoms with van der Waals surface area (Å²) < 4.78 is 4.18. The summed E-state index contributed by atoms with van der Waals surface area (Å²) >= 11 is 0. The van der Waals surface area contributed by atoms with E-state index in [4.69, 9.17) is 0 Å². The van der Waals surface area contributed by atoms with E-state index in [0.717, 1.165) is 43.1 Å². The van der Waals surface area contributed by atoms with Crippen LogP contribution in [0.1, 0.15) is 36.0 Å². The molecule has 0 unspecified atom stereocenters. The van der Waals surface area contributed by atoms with Gasteiger partial charge in [-0.25, -0.2) is 4.98 Å². The van der Waals surface area contributed by atoms with Crippen molar-refractivity contribution in [1.82, 2.24) is 29.3 Å². The molecular weight excluding hydrogens is 362 g/mol. The Hall–Kier alpha value is -3.22. The maximum absolute atomic E-state index is 4.56. The van der Waals surface area contributed by atoms with Crippen molar-refractivity contribution in [3.8, 4) is 0 Å². The fourth-order valence-electron chi connectivity index (χ4n) is 4.34. The Kier molecular flexibility index (Phi) is 4.50. The standard InChI is InChI=1S/C22H25N7/c1-16-5-6-19-18(12-16)20(7-8-24-19)29-10-3-4-17(13-29)22-26-25-21(27(22)2)14-28-11-9-23-15-28/h5-9,11-12,15,17H,3-4,10,13-14H2,1-2H3/t17-/m0/s1. The molecule has 1 aromatic carbocycles. The molecule has 0 saturated carbocycles. The molecule has 4 heterocycles. The molecule has 4 aromatic rings. The summed E-state index contributed by atoms with van der Waals surface area (Å²) in [6.45, 7) is 4.83. The summed E-state index contributed by atoms with van der Waals surface area (Å²) in [6, 6.07) is 8.62. The van der Waals surface area contributed by atoms with E-state index in [1.54, 1.807) is 6.20 Å². The monoisotopic (exact) mass is 387 g/mol. The summed E-state index contributed by atoms with van der Waals surface area (Å²) in [5.41, 5.74) is 3.58. The molecule has 0 bridgehead atoms. The van der Waals surface area contributed by atoms with Crippen LogP contribution in [0.4, 0.5) is 5.69 Å². The number of anilines is 1. The number of hydrogen-bond donors (Lipinski definition) is 0. The SMILES string of the molecule is Cc1ccc2nccc(N3CCC[C@H](c4nnc(Cn5ccnc5)n4C)C3)c2c1. The number of piperidine rings is 1. The van der Waals surface area contributed by atoms with E-state index in [9.17, 15) is 0 Å². The molecule has 7 nitrogen and oxygen atoms in total. The minimum Gasteiger partial charge on any atom is -0.370 e. The van der Waals surface area contributed by atoms with Gasteiger partial charge < -0.3 is 14.0 Å². The van der Waals surface area contributed by atoms with Gasteiger partial charge in [0.05, 0.1) is 18.4 Å². The summed E-state index contributed by atoms with van der Waals surface area (Å²) in [5, 5.41) is 10.3. The van der Waals surface area contributed by atoms with Gasteiger partial charge in [0.2, 0.25) is 0 Å². The van der Waals surface area contributed by atoms with Crippen LogP contribution in [0.5, 0.6) is 0 Å². The minimum atomic E-state index is 0.366. The van der Waals surface area contributed by atoms with Crippen LogP contribution in [0.2, 0.25) is 0 Å². The second kappa shape index (κ2) is 7.31. The predicted molar refractivity (Wildman–Crippen MR) is 113 cm³/mol. The third-order valence-corrected chi connectivity index (χ3v) is 5.88. The molecule has 1 atom stereocenters. The Morgan fingerprint density at radius 3 is 2.93 bits per heavy atom. The van der Waals surface area contributed by atoms with Crippen molar-refractivity contribution in [3.63, 3.8) is 0 Å². The third-order valence-electron chi connectivity index (χ3n) is 5.88. The Bertz CT molecular complexity index is 1130. The fraction of sp³-hybridized carbons (Fsp3) is 0.364. The van der Waals surface area contributed by atoms with Crippen molar-refractivity contribution in [1.29, 1.82) is 0 Å². The second-order valence-corrected chi connectivity index (χ2v) is 7.90. The Morgan fingerprint density at radius 1 is 1.14 bits per heavy atom.